The topological polar surface area (TPSA) is 80.5 Å². The van der Waals surface area contributed by atoms with Gasteiger partial charge in [-0.2, -0.15) is 0 Å². The fourth-order valence-electron chi connectivity index (χ4n) is 4.02. The Labute approximate surface area is 192 Å². The molecular formula is C24H17ClN2O4S. The Morgan fingerprint density at radius 3 is 2.50 bits per heavy atom. The van der Waals surface area contributed by atoms with Crippen molar-refractivity contribution >= 4 is 50.7 Å². The molecule has 8 heteroatoms. The van der Waals surface area contributed by atoms with Gasteiger partial charge in [0.2, 0.25) is 5.76 Å². The maximum atomic E-state index is 13.6. The van der Waals surface area contributed by atoms with Crippen LogP contribution in [-0.2, 0) is 0 Å². The van der Waals surface area contributed by atoms with Gasteiger partial charge in [0.05, 0.1) is 27.6 Å². The third-order valence-electron chi connectivity index (χ3n) is 5.54. The van der Waals surface area contributed by atoms with Crippen LogP contribution < -0.4 is 10.3 Å². The van der Waals surface area contributed by atoms with Gasteiger partial charge < -0.3 is 4.42 Å². The van der Waals surface area contributed by atoms with Crippen LogP contribution >= 0.6 is 22.9 Å². The van der Waals surface area contributed by atoms with Crippen molar-refractivity contribution in [3.05, 3.63) is 90.7 Å². The van der Waals surface area contributed by atoms with Crippen molar-refractivity contribution < 1.29 is 14.0 Å². The number of halogens is 1. The highest BCUT2D eigenvalue weighted by atomic mass is 35.5. The average molecular weight is 465 g/mol. The first kappa shape index (κ1) is 20.6. The Balaban J connectivity index is 1.81. The molecule has 32 heavy (non-hydrogen) atoms. The number of hydrogen-bond acceptors (Lipinski definition) is 6. The summed E-state index contributed by atoms with van der Waals surface area (Å²) < 4.78 is 5.92. The van der Waals surface area contributed by atoms with Gasteiger partial charge in [-0.3, -0.25) is 19.3 Å². The number of aromatic nitrogens is 1. The van der Waals surface area contributed by atoms with Crippen LogP contribution in [0.3, 0.4) is 0 Å². The molecule has 0 saturated heterocycles. The highest BCUT2D eigenvalue weighted by Crippen LogP contribution is 2.43. The molecule has 1 aliphatic heterocycles. The van der Waals surface area contributed by atoms with Crippen LogP contribution in [0.15, 0.2) is 51.7 Å². The number of carbonyl (C=O) groups excluding carboxylic acids is 2. The fraction of sp³-hybridized carbons (Fsp3) is 0.167. The van der Waals surface area contributed by atoms with Crippen LogP contribution in [0.4, 0.5) is 5.13 Å². The van der Waals surface area contributed by atoms with Crippen molar-refractivity contribution in [1.82, 2.24) is 4.98 Å². The van der Waals surface area contributed by atoms with Gasteiger partial charge in [0, 0.05) is 11.9 Å². The van der Waals surface area contributed by atoms with E-state index in [9.17, 15) is 14.4 Å². The first-order chi connectivity index (χ1) is 15.3. The lowest BCUT2D eigenvalue weighted by molar-refractivity contribution is 0.0969. The van der Waals surface area contributed by atoms with Crippen LogP contribution in [0.25, 0.3) is 11.0 Å². The Bertz CT molecular complexity index is 1490. The molecule has 2 aromatic heterocycles. The molecule has 1 unspecified atom stereocenters. The minimum absolute atomic E-state index is 0.0207. The molecule has 1 amide bonds. The smallest absolute Gasteiger partial charge is 0.297 e. The van der Waals surface area contributed by atoms with Crippen LogP contribution in [0.5, 0.6) is 0 Å². The summed E-state index contributed by atoms with van der Waals surface area (Å²) in [6.07, 6.45) is 0. The average Bonchev–Trinajstić information content (AvgIpc) is 3.27. The number of benzene rings is 2. The van der Waals surface area contributed by atoms with E-state index in [0.717, 1.165) is 22.5 Å². The van der Waals surface area contributed by atoms with Crippen molar-refractivity contribution in [3.8, 4) is 0 Å². The van der Waals surface area contributed by atoms with E-state index in [2.05, 4.69) is 4.98 Å². The summed E-state index contributed by atoms with van der Waals surface area (Å²) in [5, 5.41) is 1.05. The first-order valence-corrected chi connectivity index (χ1v) is 11.1. The fourth-order valence-corrected chi connectivity index (χ4v) is 5.18. The van der Waals surface area contributed by atoms with Crippen molar-refractivity contribution in [2.75, 3.05) is 4.90 Å². The molecule has 5 rings (SSSR count). The van der Waals surface area contributed by atoms with Crippen LogP contribution in [0, 0.1) is 13.8 Å². The van der Waals surface area contributed by atoms with Crippen molar-refractivity contribution in [1.29, 1.82) is 0 Å². The number of carbonyl (C=O) groups is 2. The number of rotatable bonds is 3. The maximum Gasteiger partial charge on any atom is 0.297 e. The SMILES string of the molecule is CC(=O)c1sc(N2C(=O)c3oc4ccc(Cl)cc4c(=O)c3C2c2ccc(C)cc2)nc1C. The quantitative estimate of drug-likeness (QED) is 0.375. The van der Waals surface area contributed by atoms with E-state index in [0.29, 0.717) is 26.1 Å². The van der Waals surface area contributed by atoms with Crippen molar-refractivity contribution in [2.24, 2.45) is 0 Å². The van der Waals surface area contributed by atoms with Gasteiger partial charge in [0.15, 0.2) is 16.3 Å². The lowest BCUT2D eigenvalue weighted by Crippen LogP contribution is -2.29. The summed E-state index contributed by atoms with van der Waals surface area (Å²) in [5.74, 6) is -0.618. The molecule has 0 N–H and O–H groups in total. The van der Waals surface area contributed by atoms with E-state index in [4.69, 9.17) is 16.0 Å². The zero-order valence-corrected chi connectivity index (χ0v) is 19.0. The third kappa shape index (κ3) is 3.08. The first-order valence-electron chi connectivity index (χ1n) is 9.91. The second kappa shape index (κ2) is 7.39. The molecule has 1 atom stereocenters. The zero-order chi connectivity index (χ0) is 22.7. The van der Waals surface area contributed by atoms with Crippen LogP contribution in [0.2, 0.25) is 5.02 Å². The van der Waals surface area contributed by atoms with E-state index in [1.165, 1.54) is 11.8 Å². The molecule has 160 valence electrons. The molecule has 0 aliphatic carbocycles. The van der Waals surface area contributed by atoms with E-state index >= 15 is 0 Å². The lowest BCUT2D eigenvalue weighted by atomic mass is 9.98. The number of anilines is 1. The van der Waals surface area contributed by atoms with E-state index in [-0.39, 0.29) is 28.1 Å². The minimum Gasteiger partial charge on any atom is -0.450 e. The molecule has 0 bridgehead atoms. The number of Topliss-reactive ketones (excluding diaryl/α,β-unsaturated/α-hetero) is 1. The number of hydrogen-bond donors (Lipinski definition) is 0. The molecule has 6 nitrogen and oxygen atoms in total. The van der Waals surface area contributed by atoms with Gasteiger partial charge in [-0.25, -0.2) is 4.98 Å². The number of fused-ring (bicyclic) bond motifs is 2. The monoisotopic (exact) mass is 464 g/mol. The summed E-state index contributed by atoms with van der Waals surface area (Å²) in [6.45, 7) is 5.15. The highest BCUT2D eigenvalue weighted by Gasteiger charge is 2.45. The molecule has 3 heterocycles. The number of aryl methyl sites for hydroxylation is 2. The standard InChI is InChI=1S/C24H17ClN2O4S/c1-11-4-6-14(7-5-11)19-18-20(29)16-10-15(25)8-9-17(16)31-21(18)23(30)27(19)24-26-12(2)22(32-24)13(3)28/h4-10,19H,1-3H3. The summed E-state index contributed by atoms with van der Waals surface area (Å²) in [7, 11) is 0. The molecule has 0 saturated carbocycles. The molecule has 1 aliphatic rings. The van der Waals surface area contributed by atoms with E-state index < -0.39 is 11.9 Å². The zero-order valence-electron chi connectivity index (χ0n) is 17.4. The minimum atomic E-state index is -0.733. The lowest BCUT2D eigenvalue weighted by Gasteiger charge is -2.22. The molecule has 0 radical (unpaired) electrons. The number of ketones is 1. The second-order valence-corrected chi connectivity index (χ2v) is 9.18. The Hall–Kier alpha value is -3.29. The van der Waals surface area contributed by atoms with Gasteiger partial charge in [-0.05, 0) is 37.6 Å². The molecule has 2 aromatic carbocycles. The van der Waals surface area contributed by atoms with Gasteiger partial charge in [-0.1, -0.05) is 52.8 Å². The molecule has 0 fully saturated rings. The normalized spacial score (nSPS) is 15.4. The highest BCUT2D eigenvalue weighted by molar-refractivity contribution is 7.17. The number of thiazole rings is 1. The Kier molecular flexibility index (Phi) is 4.76. The Morgan fingerprint density at radius 2 is 1.84 bits per heavy atom. The summed E-state index contributed by atoms with van der Waals surface area (Å²) in [5.41, 5.74) is 2.55. The van der Waals surface area contributed by atoms with Gasteiger partial charge in [0.1, 0.15) is 5.58 Å². The van der Waals surface area contributed by atoms with Crippen LogP contribution in [-0.4, -0.2) is 16.7 Å². The Morgan fingerprint density at radius 1 is 1.12 bits per heavy atom. The van der Waals surface area contributed by atoms with E-state index in [1.807, 2.05) is 31.2 Å². The van der Waals surface area contributed by atoms with Crippen molar-refractivity contribution in [2.45, 2.75) is 26.8 Å². The molecule has 4 aromatic rings. The summed E-state index contributed by atoms with van der Waals surface area (Å²) >= 11 is 7.25. The van der Waals surface area contributed by atoms with Gasteiger partial charge in [0.25, 0.3) is 5.91 Å². The molecular weight excluding hydrogens is 448 g/mol. The molecule has 0 spiro atoms. The van der Waals surface area contributed by atoms with Gasteiger partial charge >= 0.3 is 0 Å². The number of nitrogens with zero attached hydrogens (tertiary/aromatic N) is 2. The third-order valence-corrected chi connectivity index (χ3v) is 7.03. The van der Waals surface area contributed by atoms with Crippen molar-refractivity contribution in [3.63, 3.8) is 0 Å². The predicted octanol–water partition coefficient (Wildman–Crippen LogP) is 5.47. The largest absolute Gasteiger partial charge is 0.450 e. The van der Waals surface area contributed by atoms with Gasteiger partial charge in [-0.15, -0.1) is 0 Å². The summed E-state index contributed by atoms with van der Waals surface area (Å²) in [4.78, 5) is 45.5. The number of amides is 1. The predicted molar refractivity (Wildman–Crippen MR) is 124 cm³/mol. The second-order valence-electron chi connectivity index (χ2n) is 7.77. The van der Waals surface area contributed by atoms with Crippen LogP contribution in [0.1, 0.15) is 55.6 Å². The van der Waals surface area contributed by atoms with E-state index in [1.54, 1.807) is 25.1 Å². The summed E-state index contributed by atoms with van der Waals surface area (Å²) in [6, 6.07) is 11.6. The maximum absolute atomic E-state index is 13.6.